The van der Waals surface area contributed by atoms with Crippen molar-refractivity contribution in [1.82, 2.24) is 4.90 Å². The van der Waals surface area contributed by atoms with Gasteiger partial charge in [-0.15, -0.1) is 12.4 Å². The first-order valence-electron chi connectivity index (χ1n) is 10.2. The van der Waals surface area contributed by atoms with E-state index in [-0.39, 0.29) is 12.4 Å². The third kappa shape index (κ3) is 5.06. The van der Waals surface area contributed by atoms with E-state index in [0.717, 1.165) is 31.6 Å². The van der Waals surface area contributed by atoms with E-state index in [4.69, 9.17) is 4.74 Å². The van der Waals surface area contributed by atoms with Gasteiger partial charge in [-0.25, -0.2) is 0 Å². The third-order valence-electron chi connectivity index (χ3n) is 5.83. The van der Waals surface area contributed by atoms with Gasteiger partial charge < -0.3 is 9.64 Å². The molecule has 0 bridgehead atoms. The Hall–Kier alpha value is -2.03. The van der Waals surface area contributed by atoms with E-state index in [0.29, 0.717) is 6.04 Å². The molecule has 0 aliphatic carbocycles. The normalized spacial score (nSPS) is 16.8. The number of aryl methyl sites for hydroxylation is 2. The van der Waals surface area contributed by atoms with Gasteiger partial charge in [0.15, 0.2) is 0 Å². The summed E-state index contributed by atoms with van der Waals surface area (Å²) < 4.78 is 6.32. The topological polar surface area (TPSA) is 12.5 Å². The van der Waals surface area contributed by atoms with E-state index in [1.807, 2.05) is 0 Å². The minimum atomic E-state index is 0. The van der Waals surface area contributed by atoms with E-state index < -0.39 is 0 Å². The summed E-state index contributed by atoms with van der Waals surface area (Å²) >= 11 is 0. The van der Waals surface area contributed by atoms with E-state index >= 15 is 0 Å². The Morgan fingerprint density at radius 3 is 2.36 bits per heavy atom. The maximum Gasteiger partial charge on any atom is 0.123 e. The zero-order chi connectivity index (χ0) is 18.5. The van der Waals surface area contributed by atoms with Crippen LogP contribution in [0.5, 0.6) is 5.75 Å². The maximum absolute atomic E-state index is 6.32. The van der Waals surface area contributed by atoms with Gasteiger partial charge in [-0.05, 0) is 79.7 Å². The lowest BCUT2D eigenvalue weighted by Crippen LogP contribution is -2.26. The monoisotopic (exact) mass is 395 g/mol. The molecule has 1 heterocycles. The summed E-state index contributed by atoms with van der Waals surface area (Å²) in [5.41, 5.74) is 2.70. The van der Waals surface area contributed by atoms with E-state index in [2.05, 4.69) is 78.7 Å². The van der Waals surface area contributed by atoms with Crippen LogP contribution in [-0.4, -0.2) is 31.1 Å². The summed E-state index contributed by atoms with van der Waals surface area (Å²) in [5.74, 6) is 1.06. The highest BCUT2D eigenvalue weighted by molar-refractivity contribution is 5.85. The van der Waals surface area contributed by atoms with Crippen molar-refractivity contribution in [2.45, 2.75) is 38.1 Å². The molecule has 0 aromatic heterocycles. The largest absolute Gasteiger partial charge is 0.493 e. The molecule has 0 radical (unpaired) electrons. The summed E-state index contributed by atoms with van der Waals surface area (Å²) in [4.78, 5) is 2.47. The average molecular weight is 396 g/mol. The van der Waals surface area contributed by atoms with Gasteiger partial charge in [0.2, 0.25) is 0 Å². The SMILES string of the molecule is CN1CCCC1CCOc1cc2ccccc2cc1CCc1ccccc1.Cl. The van der Waals surface area contributed by atoms with Gasteiger partial charge >= 0.3 is 0 Å². The van der Waals surface area contributed by atoms with Gasteiger partial charge in [0, 0.05) is 6.04 Å². The van der Waals surface area contributed by atoms with E-state index in [9.17, 15) is 0 Å². The predicted octanol–water partition coefficient (Wildman–Crippen LogP) is 5.91. The fraction of sp³-hybridized carbons (Fsp3) is 0.360. The molecule has 0 amide bonds. The Labute approximate surface area is 174 Å². The Bertz CT molecular complexity index is 880. The highest BCUT2D eigenvalue weighted by Gasteiger charge is 2.20. The molecule has 1 fully saturated rings. The van der Waals surface area contributed by atoms with Crippen LogP contribution in [0.4, 0.5) is 0 Å². The second-order valence-corrected chi connectivity index (χ2v) is 7.71. The highest BCUT2D eigenvalue weighted by Crippen LogP contribution is 2.28. The molecule has 1 unspecified atom stereocenters. The number of rotatable bonds is 7. The van der Waals surface area contributed by atoms with Crippen molar-refractivity contribution in [3.05, 3.63) is 77.9 Å². The molecule has 1 aliphatic rings. The second kappa shape index (κ2) is 9.95. The molecule has 3 heteroatoms. The van der Waals surface area contributed by atoms with Crippen LogP contribution in [0.2, 0.25) is 0 Å². The smallest absolute Gasteiger partial charge is 0.123 e. The molecule has 28 heavy (non-hydrogen) atoms. The molecule has 3 aromatic rings. The predicted molar refractivity (Wildman–Crippen MR) is 121 cm³/mol. The number of nitrogens with zero attached hydrogens (tertiary/aromatic N) is 1. The fourth-order valence-corrected chi connectivity index (χ4v) is 4.17. The van der Waals surface area contributed by atoms with Crippen molar-refractivity contribution in [1.29, 1.82) is 0 Å². The molecule has 0 spiro atoms. The molecule has 3 aromatic carbocycles. The minimum absolute atomic E-state index is 0. The molecule has 148 valence electrons. The Morgan fingerprint density at radius 1 is 0.929 bits per heavy atom. The summed E-state index contributed by atoms with van der Waals surface area (Å²) in [6.07, 6.45) is 5.79. The molecule has 1 saturated heterocycles. The number of hydrogen-bond acceptors (Lipinski definition) is 2. The van der Waals surface area contributed by atoms with Gasteiger partial charge in [-0.3, -0.25) is 0 Å². The first-order valence-corrected chi connectivity index (χ1v) is 10.2. The molecular weight excluding hydrogens is 366 g/mol. The van der Waals surface area contributed by atoms with Gasteiger partial charge in [0.1, 0.15) is 5.75 Å². The van der Waals surface area contributed by atoms with E-state index in [1.165, 1.54) is 41.3 Å². The molecule has 0 saturated carbocycles. The highest BCUT2D eigenvalue weighted by atomic mass is 35.5. The lowest BCUT2D eigenvalue weighted by Gasteiger charge is -2.20. The Kier molecular flexibility index (Phi) is 7.36. The van der Waals surface area contributed by atoms with Crippen LogP contribution in [0.3, 0.4) is 0 Å². The van der Waals surface area contributed by atoms with Crippen molar-refractivity contribution >= 4 is 23.2 Å². The molecule has 4 rings (SSSR count). The van der Waals surface area contributed by atoms with Crippen LogP contribution in [-0.2, 0) is 12.8 Å². The maximum atomic E-state index is 6.32. The summed E-state index contributed by atoms with van der Waals surface area (Å²) in [5, 5.41) is 2.55. The average Bonchev–Trinajstić information content (AvgIpc) is 3.12. The van der Waals surface area contributed by atoms with Crippen LogP contribution in [0.15, 0.2) is 66.7 Å². The number of fused-ring (bicyclic) bond motifs is 1. The number of halogens is 1. The van der Waals surface area contributed by atoms with Crippen molar-refractivity contribution in [3.63, 3.8) is 0 Å². The van der Waals surface area contributed by atoms with Gasteiger partial charge in [-0.1, -0.05) is 54.6 Å². The first-order chi connectivity index (χ1) is 13.3. The number of likely N-dealkylation sites (tertiary alicyclic amines) is 1. The fourth-order valence-electron chi connectivity index (χ4n) is 4.17. The second-order valence-electron chi connectivity index (χ2n) is 7.71. The van der Waals surface area contributed by atoms with Gasteiger partial charge in [0.25, 0.3) is 0 Å². The van der Waals surface area contributed by atoms with Gasteiger partial charge in [0.05, 0.1) is 6.61 Å². The summed E-state index contributed by atoms with van der Waals surface area (Å²) in [6.45, 7) is 2.02. The van der Waals surface area contributed by atoms with E-state index in [1.54, 1.807) is 0 Å². The van der Waals surface area contributed by atoms with Gasteiger partial charge in [-0.2, -0.15) is 0 Å². The number of hydrogen-bond donors (Lipinski definition) is 0. The summed E-state index contributed by atoms with van der Waals surface area (Å²) in [6, 6.07) is 24.5. The first kappa shape index (κ1) is 20.7. The lowest BCUT2D eigenvalue weighted by atomic mass is 10.00. The zero-order valence-corrected chi connectivity index (χ0v) is 17.5. The minimum Gasteiger partial charge on any atom is -0.493 e. The third-order valence-corrected chi connectivity index (χ3v) is 5.83. The van der Waals surface area contributed by atoms with Crippen LogP contribution >= 0.6 is 12.4 Å². The molecular formula is C25H30ClNO. The van der Waals surface area contributed by atoms with Crippen LogP contribution in [0.25, 0.3) is 10.8 Å². The molecule has 1 aliphatic heterocycles. The van der Waals surface area contributed by atoms with Crippen LogP contribution < -0.4 is 4.74 Å². The number of ether oxygens (including phenoxy) is 1. The molecule has 2 nitrogen and oxygen atoms in total. The van der Waals surface area contributed by atoms with Crippen molar-refractivity contribution in [2.24, 2.45) is 0 Å². The quantitative estimate of drug-likeness (QED) is 0.493. The Balaban J connectivity index is 0.00000225. The molecule has 0 N–H and O–H groups in total. The standard InChI is InChI=1S/C25H29NO.ClH/c1-26-16-7-12-24(26)15-17-27-25-19-22-11-6-5-10-21(22)18-23(25)14-13-20-8-3-2-4-9-20;/h2-6,8-11,18-19,24H,7,12-17H2,1H3;1H. The van der Waals surface area contributed by atoms with Crippen molar-refractivity contribution in [2.75, 3.05) is 20.2 Å². The number of benzene rings is 3. The summed E-state index contributed by atoms with van der Waals surface area (Å²) in [7, 11) is 2.24. The van der Waals surface area contributed by atoms with Crippen molar-refractivity contribution in [3.8, 4) is 5.75 Å². The van der Waals surface area contributed by atoms with Crippen molar-refractivity contribution < 1.29 is 4.74 Å². The van der Waals surface area contributed by atoms with Crippen LogP contribution in [0, 0.1) is 0 Å². The lowest BCUT2D eigenvalue weighted by molar-refractivity contribution is 0.232. The zero-order valence-electron chi connectivity index (χ0n) is 16.6. The van der Waals surface area contributed by atoms with Crippen LogP contribution in [0.1, 0.15) is 30.4 Å². The Morgan fingerprint density at radius 2 is 1.64 bits per heavy atom. The molecule has 1 atom stereocenters.